The van der Waals surface area contributed by atoms with Gasteiger partial charge in [0.2, 0.25) is 0 Å². The largest absolute Gasteiger partial charge is 0.486 e. The van der Waals surface area contributed by atoms with Gasteiger partial charge >= 0.3 is 6.03 Å². The normalized spacial score (nSPS) is 10.7. The second-order valence-electron chi connectivity index (χ2n) is 7.49. The first-order chi connectivity index (χ1) is 14.4. The predicted octanol–water partition coefficient (Wildman–Crippen LogP) is 6.09. The van der Waals surface area contributed by atoms with Gasteiger partial charge in [0, 0.05) is 17.6 Å². The molecular weight excluding hydrogens is 394 g/mol. The van der Waals surface area contributed by atoms with E-state index in [9.17, 15) is 4.79 Å². The Morgan fingerprint density at radius 1 is 1.10 bits per heavy atom. The quantitative estimate of drug-likeness (QED) is 0.477. The molecule has 0 aliphatic carbocycles. The van der Waals surface area contributed by atoms with E-state index >= 15 is 0 Å². The highest BCUT2D eigenvalue weighted by Crippen LogP contribution is 2.20. The van der Waals surface area contributed by atoms with Crippen LogP contribution < -0.4 is 10.1 Å². The fraction of sp³-hybridized carbons (Fsp3) is 0.333. The van der Waals surface area contributed by atoms with Gasteiger partial charge in [-0.1, -0.05) is 30.7 Å². The number of carbonyl (C=O) groups is 1. The van der Waals surface area contributed by atoms with E-state index < -0.39 is 0 Å². The molecule has 1 aromatic heterocycles. The molecular formula is C24H29N3O2S. The van der Waals surface area contributed by atoms with Crippen LogP contribution in [0.4, 0.5) is 10.5 Å². The number of nitrogens with zero attached hydrogens (tertiary/aromatic N) is 2. The second kappa shape index (κ2) is 10.3. The topological polar surface area (TPSA) is 54.5 Å². The molecule has 1 heterocycles. The molecule has 0 atom stereocenters. The van der Waals surface area contributed by atoms with Crippen LogP contribution in [0.15, 0.2) is 47.8 Å². The molecule has 0 radical (unpaired) electrons. The van der Waals surface area contributed by atoms with Crippen LogP contribution in [0.2, 0.25) is 0 Å². The number of thiazole rings is 1. The summed E-state index contributed by atoms with van der Waals surface area (Å²) in [7, 11) is 0. The zero-order valence-electron chi connectivity index (χ0n) is 18.1. The van der Waals surface area contributed by atoms with E-state index in [1.807, 2.05) is 48.7 Å². The molecule has 0 saturated heterocycles. The summed E-state index contributed by atoms with van der Waals surface area (Å²) in [5, 5.41) is 5.88. The van der Waals surface area contributed by atoms with Crippen molar-refractivity contribution in [3.8, 4) is 5.75 Å². The van der Waals surface area contributed by atoms with Gasteiger partial charge in [-0.25, -0.2) is 9.78 Å². The van der Waals surface area contributed by atoms with Gasteiger partial charge in [0.25, 0.3) is 0 Å². The van der Waals surface area contributed by atoms with Gasteiger partial charge in [0.1, 0.15) is 17.4 Å². The van der Waals surface area contributed by atoms with Gasteiger partial charge in [-0.2, -0.15) is 0 Å². The van der Waals surface area contributed by atoms with Crippen LogP contribution >= 0.6 is 11.3 Å². The SMILES string of the molecule is CCCN(Cc1csc(COc2ccc(C)c(C)c2)n1)C(=O)Nc1ccc(C)cc1. The number of carbonyl (C=O) groups excluding carboxylic acids is 1. The smallest absolute Gasteiger partial charge is 0.322 e. The number of aromatic nitrogens is 1. The van der Waals surface area contributed by atoms with Crippen LogP contribution in [-0.2, 0) is 13.2 Å². The average molecular weight is 424 g/mol. The Balaban J connectivity index is 1.58. The van der Waals surface area contributed by atoms with E-state index in [0.717, 1.165) is 34.1 Å². The fourth-order valence-electron chi connectivity index (χ4n) is 2.99. The van der Waals surface area contributed by atoms with E-state index in [0.29, 0.717) is 19.7 Å². The maximum absolute atomic E-state index is 12.7. The Morgan fingerprint density at radius 2 is 1.87 bits per heavy atom. The Bertz CT molecular complexity index is 982. The van der Waals surface area contributed by atoms with Gasteiger partial charge in [-0.3, -0.25) is 0 Å². The fourth-order valence-corrected chi connectivity index (χ4v) is 3.69. The molecule has 0 saturated carbocycles. The summed E-state index contributed by atoms with van der Waals surface area (Å²) in [6.07, 6.45) is 0.883. The van der Waals surface area contributed by atoms with E-state index in [1.165, 1.54) is 11.1 Å². The summed E-state index contributed by atoms with van der Waals surface area (Å²) in [5.41, 5.74) is 5.30. The minimum absolute atomic E-state index is 0.110. The zero-order chi connectivity index (χ0) is 21.5. The average Bonchev–Trinajstić information content (AvgIpc) is 3.18. The number of anilines is 1. The molecule has 3 aromatic rings. The van der Waals surface area contributed by atoms with Gasteiger partial charge in [-0.05, 0) is 62.6 Å². The van der Waals surface area contributed by atoms with Crippen molar-refractivity contribution in [1.82, 2.24) is 9.88 Å². The molecule has 0 fully saturated rings. The number of urea groups is 1. The molecule has 158 valence electrons. The molecule has 3 rings (SSSR count). The van der Waals surface area contributed by atoms with Gasteiger partial charge in [0.05, 0.1) is 12.2 Å². The third kappa shape index (κ3) is 6.07. The highest BCUT2D eigenvalue weighted by Gasteiger charge is 2.15. The lowest BCUT2D eigenvalue weighted by molar-refractivity contribution is 0.208. The number of nitrogens with one attached hydrogen (secondary N) is 1. The highest BCUT2D eigenvalue weighted by molar-refractivity contribution is 7.09. The lowest BCUT2D eigenvalue weighted by Gasteiger charge is -2.21. The number of benzene rings is 2. The molecule has 2 amide bonds. The Hall–Kier alpha value is -2.86. The van der Waals surface area contributed by atoms with Gasteiger partial charge in [0.15, 0.2) is 0 Å². The van der Waals surface area contributed by atoms with E-state index in [1.54, 1.807) is 16.2 Å². The number of hydrogen-bond acceptors (Lipinski definition) is 4. The minimum atomic E-state index is -0.110. The van der Waals surface area contributed by atoms with Crippen molar-refractivity contribution in [1.29, 1.82) is 0 Å². The highest BCUT2D eigenvalue weighted by atomic mass is 32.1. The molecule has 0 bridgehead atoms. The van der Waals surface area contributed by atoms with Crippen LogP contribution in [0, 0.1) is 20.8 Å². The second-order valence-corrected chi connectivity index (χ2v) is 8.43. The Labute approximate surface area is 182 Å². The van der Waals surface area contributed by atoms with Crippen molar-refractivity contribution in [3.63, 3.8) is 0 Å². The van der Waals surface area contributed by atoms with E-state index in [4.69, 9.17) is 4.74 Å². The first-order valence-electron chi connectivity index (χ1n) is 10.2. The van der Waals surface area contributed by atoms with Crippen molar-refractivity contribution in [2.75, 3.05) is 11.9 Å². The van der Waals surface area contributed by atoms with Crippen molar-refractivity contribution in [3.05, 3.63) is 75.2 Å². The van der Waals surface area contributed by atoms with Gasteiger partial charge < -0.3 is 15.0 Å². The lowest BCUT2D eigenvalue weighted by Crippen LogP contribution is -2.35. The number of aryl methyl sites for hydroxylation is 3. The molecule has 30 heavy (non-hydrogen) atoms. The molecule has 0 aliphatic rings. The number of rotatable bonds is 8. The first-order valence-corrected chi connectivity index (χ1v) is 11.1. The summed E-state index contributed by atoms with van der Waals surface area (Å²) >= 11 is 1.56. The molecule has 5 nitrogen and oxygen atoms in total. The Kier molecular flexibility index (Phi) is 7.46. The molecule has 2 aromatic carbocycles. The van der Waals surface area contributed by atoms with Crippen LogP contribution in [0.3, 0.4) is 0 Å². The predicted molar refractivity (Wildman–Crippen MR) is 123 cm³/mol. The van der Waals surface area contributed by atoms with E-state index in [-0.39, 0.29) is 6.03 Å². The van der Waals surface area contributed by atoms with Crippen LogP contribution in [0.25, 0.3) is 0 Å². The third-order valence-corrected chi connectivity index (χ3v) is 5.75. The van der Waals surface area contributed by atoms with Crippen LogP contribution in [0.1, 0.15) is 40.7 Å². The Morgan fingerprint density at radius 3 is 2.57 bits per heavy atom. The van der Waals surface area contributed by atoms with Crippen molar-refractivity contribution < 1.29 is 9.53 Å². The summed E-state index contributed by atoms with van der Waals surface area (Å²) in [4.78, 5) is 19.2. The molecule has 6 heteroatoms. The zero-order valence-corrected chi connectivity index (χ0v) is 18.9. The summed E-state index contributed by atoms with van der Waals surface area (Å²) in [6.45, 7) is 9.83. The first kappa shape index (κ1) is 21.8. The number of ether oxygens (including phenoxy) is 1. The van der Waals surface area contributed by atoms with Crippen LogP contribution in [-0.4, -0.2) is 22.5 Å². The number of hydrogen-bond donors (Lipinski definition) is 1. The molecule has 1 N–H and O–H groups in total. The molecule has 0 unspecified atom stereocenters. The monoisotopic (exact) mass is 423 g/mol. The van der Waals surface area contributed by atoms with Gasteiger partial charge in [-0.15, -0.1) is 11.3 Å². The summed E-state index contributed by atoms with van der Waals surface area (Å²) < 4.78 is 5.88. The summed E-state index contributed by atoms with van der Waals surface area (Å²) in [6, 6.07) is 13.8. The van der Waals surface area contributed by atoms with Crippen molar-refractivity contribution in [2.24, 2.45) is 0 Å². The maximum atomic E-state index is 12.7. The third-order valence-electron chi connectivity index (χ3n) is 4.88. The van der Waals surface area contributed by atoms with Crippen LogP contribution in [0.5, 0.6) is 5.75 Å². The van der Waals surface area contributed by atoms with Crippen molar-refractivity contribution in [2.45, 2.75) is 47.3 Å². The lowest BCUT2D eigenvalue weighted by atomic mass is 10.1. The standard InChI is InChI=1S/C24H29N3O2S/c1-5-12-27(24(28)26-20-9-6-17(2)7-10-20)14-21-16-30-23(25-21)15-29-22-11-8-18(3)19(4)13-22/h6-11,13,16H,5,12,14-15H2,1-4H3,(H,26,28). The minimum Gasteiger partial charge on any atom is -0.486 e. The summed E-state index contributed by atoms with van der Waals surface area (Å²) in [5.74, 6) is 0.847. The maximum Gasteiger partial charge on any atom is 0.322 e. The molecule has 0 spiro atoms. The van der Waals surface area contributed by atoms with E-state index in [2.05, 4.69) is 37.1 Å². The number of amides is 2. The van der Waals surface area contributed by atoms with Crippen molar-refractivity contribution >= 4 is 23.1 Å². The molecule has 0 aliphatic heterocycles.